The zero-order valence-corrected chi connectivity index (χ0v) is 16.8. The van der Waals surface area contributed by atoms with E-state index in [0.717, 1.165) is 44.7 Å². The number of hydrogen-bond donors (Lipinski definition) is 1. The number of fused-ring (bicyclic) bond motifs is 1. The molecule has 1 saturated heterocycles. The van der Waals surface area contributed by atoms with Gasteiger partial charge < -0.3 is 10.6 Å². The number of nitrogens with two attached hydrogens (primary N) is 1. The third kappa shape index (κ3) is 3.87. The highest BCUT2D eigenvalue weighted by Crippen LogP contribution is 2.25. The first-order valence-corrected chi connectivity index (χ1v) is 10.3. The normalized spacial score (nSPS) is 20.2. The first-order chi connectivity index (χ1) is 13.5. The number of anilines is 1. The molecule has 0 spiro atoms. The summed E-state index contributed by atoms with van der Waals surface area (Å²) in [6.07, 6.45) is 3.47. The van der Waals surface area contributed by atoms with E-state index >= 15 is 0 Å². The molecule has 1 amide bonds. The molecule has 1 atom stereocenters. The predicted octanol–water partition coefficient (Wildman–Crippen LogP) is 2.50. The van der Waals surface area contributed by atoms with Crippen LogP contribution in [0.4, 0.5) is 5.95 Å². The largest absolute Gasteiger partial charge is 0.368 e. The van der Waals surface area contributed by atoms with E-state index in [0.29, 0.717) is 11.7 Å². The number of amides is 1. The standard InChI is InChI=1S/C22H29N5O/c1-15(2)19-14-20(25-22(23)24-19)21(28)27-11-9-26(10-12-27)18-8-7-16-5-3-4-6-17(16)13-18/h3-6,14-15,18H,7-13H2,1-2H3,(H2,23,24,25). The van der Waals surface area contributed by atoms with E-state index in [9.17, 15) is 4.79 Å². The fourth-order valence-electron chi connectivity index (χ4n) is 4.33. The summed E-state index contributed by atoms with van der Waals surface area (Å²) in [7, 11) is 0. The Bertz CT molecular complexity index is 858. The monoisotopic (exact) mass is 379 g/mol. The molecule has 1 aliphatic carbocycles. The molecule has 4 rings (SSSR count). The molecule has 1 aliphatic heterocycles. The number of carbonyl (C=O) groups is 1. The van der Waals surface area contributed by atoms with E-state index in [1.807, 2.05) is 18.7 Å². The van der Waals surface area contributed by atoms with Crippen LogP contribution < -0.4 is 5.73 Å². The molecule has 2 heterocycles. The van der Waals surface area contributed by atoms with Crippen molar-refractivity contribution in [2.45, 2.75) is 45.1 Å². The first-order valence-electron chi connectivity index (χ1n) is 10.3. The Balaban J connectivity index is 1.39. The van der Waals surface area contributed by atoms with Gasteiger partial charge in [-0.1, -0.05) is 38.1 Å². The molecule has 0 bridgehead atoms. The molecule has 1 unspecified atom stereocenters. The van der Waals surface area contributed by atoms with E-state index in [2.05, 4.69) is 39.1 Å². The van der Waals surface area contributed by atoms with Crippen molar-refractivity contribution in [1.82, 2.24) is 19.8 Å². The number of rotatable bonds is 3. The first kappa shape index (κ1) is 18.9. The number of benzene rings is 1. The zero-order valence-electron chi connectivity index (χ0n) is 16.8. The molecule has 2 N–H and O–H groups in total. The minimum Gasteiger partial charge on any atom is -0.368 e. The van der Waals surface area contributed by atoms with Crippen molar-refractivity contribution < 1.29 is 4.79 Å². The number of hydrogen-bond acceptors (Lipinski definition) is 5. The van der Waals surface area contributed by atoms with Gasteiger partial charge in [0.2, 0.25) is 5.95 Å². The highest BCUT2D eigenvalue weighted by Gasteiger charge is 2.29. The van der Waals surface area contributed by atoms with Gasteiger partial charge in [0.05, 0.1) is 0 Å². The Morgan fingerprint density at radius 1 is 1.11 bits per heavy atom. The molecular weight excluding hydrogens is 350 g/mol. The third-order valence-electron chi connectivity index (χ3n) is 6.01. The van der Waals surface area contributed by atoms with Crippen molar-refractivity contribution in [2.75, 3.05) is 31.9 Å². The third-order valence-corrected chi connectivity index (χ3v) is 6.01. The van der Waals surface area contributed by atoms with Crippen LogP contribution >= 0.6 is 0 Å². The number of aromatic nitrogens is 2. The van der Waals surface area contributed by atoms with Gasteiger partial charge >= 0.3 is 0 Å². The summed E-state index contributed by atoms with van der Waals surface area (Å²) >= 11 is 0. The van der Waals surface area contributed by atoms with Crippen LogP contribution in [0.1, 0.15) is 53.5 Å². The number of aryl methyl sites for hydroxylation is 1. The van der Waals surface area contributed by atoms with Crippen LogP contribution in [-0.2, 0) is 12.8 Å². The van der Waals surface area contributed by atoms with Crippen molar-refractivity contribution in [3.8, 4) is 0 Å². The van der Waals surface area contributed by atoms with Crippen LogP contribution in [0.3, 0.4) is 0 Å². The van der Waals surface area contributed by atoms with Gasteiger partial charge in [-0.3, -0.25) is 9.69 Å². The Morgan fingerprint density at radius 2 is 1.82 bits per heavy atom. The summed E-state index contributed by atoms with van der Waals surface area (Å²) in [4.78, 5) is 25.8. The van der Waals surface area contributed by atoms with E-state index in [1.54, 1.807) is 6.07 Å². The van der Waals surface area contributed by atoms with Crippen LogP contribution in [0.5, 0.6) is 0 Å². The Labute approximate surface area is 166 Å². The van der Waals surface area contributed by atoms with E-state index in [-0.39, 0.29) is 17.8 Å². The molecule has 28 heavy (non-hydrogen) atoms. The molecule has 6 nitrogen and oxygen atoms in total. The Morgan fingerprint density at radius 3 is 2.54 bits per heavy atom. The van der Waals surface area contributed by atoms with Crippen molar-refractivity contribution in [1.29, 1.82) is 0 Å². The molecule has 6 heteroatoms. The lowest BCUT2D eigenvalue weighted by molar-refractivity contribution is 0.0547. The zero-order chi connectivity index (χ0) is 19.7. The fraction of sp³-hybridized carbons (Fsp3) is 0.500. The molecular formula is C22H29N5O. The topological polar surface area (TPSA) is 75.4 Å². The van der Waals surface area contributed by atoms with Gasteiger partial charge in [0, 0.05) is 37.9 Å². The number of nitrogens with zero attached hydrogens (tertiary/aromatic N) is 4. The second-order valence-electron chi connectivity index (χ2n) is 8.18. The summed E-state index contributed by atoms with van der Waals surface area (Å²) in [5.74, 6) is 0.349. The molecule has 1 aromatic carbocycles. The average Bonchev–Trinajstić information content (AvgIpc) is 2.72. The molecule has 0 saturated carbocycles. The maximum Gasteiger partial charge on any atom is 0.272 e. The molecule has 1 aromatic heterocycles. The van der Waals surface area contributed by atoms with Gasteiger partial charge in [-0.05, 0) is 42.4 Å². The van der Waals surface area contributed by atoms with Crippen molar-refractivity contribution in [2.24, 2.45) is 0 Å². The van der Waals surface area contributed by atoms with Gasteiger partial charge in [0.25, 0.3) is 5.91 Å². The molecule has 0 radical (unpaired) electrons. The van der Waals surface area contributed by atoms with E-state index in [4.69, 9.17) is 5.73 Å². The molecule has 148 valence electrons. The van der Waals surface area contributed by atoms with Crippen LogP contribution in [0.15, 0.2) is 30.3 Å². The minimum absolute atomic E-state index is 0.0374. The maximum absolute atomic E-state index is 12.9. The van der Waals surface area contributed by atoms with Crippen LogP contribution in [-0.4, -0.2) is 57.9 Å². The highest BCUT2D eigenvalue weighted by atomic mass is 16.2. The quantitative estimate of drug-likeness (QED) is 0.887. The van der Waals surface area contributed by atoms with Crippen molar-refractivity contribution in [3.05, 3.63) is 52.8 Å². The number of nitrogen functional groups attached to an aromatic ring is 1. The van der Waals surface area contributed by atoms with Crippen LogP contribution in [0.25, 0.3) is 0 Å². The van der Waals surface area contributed by atoms with Gasteiger partial charge in [0.1, 0.15) is 5.69 Å². The maximum atomic E-state index is 12.9. The van der Waals surface area contributed by atoms with E-state index < -0.39 is 0 Å². The highest BCUT2D eigenvalue weighted by molar-refractivity contribution is 5.92. The summed E-state index contributed by atoms with van der Waals surface area (Å²) in [6.45, 7) is 7.37. The minimum atomic E-state index is -0.0374. The lowest BCUT2D eigenvalue weighted by Gasteiger charge is -2.41. The number of carbonyl (C=O) groups excluding carboxylic acids is 1. The summed E-state index contributed by atoms with van der Waals surface area (Å²) in [5, 5.41) is 0. The van der Waals surface area contributed by atoms with Gasteiger partial charge in [-0.25, -0.2) is 9.97 Å². The second kappa shape index (κ2) is 7.87. The molecule has 2 aliphatic rings. The fourth-order valence-corrected chi connectivity index (χ4v) is 4.33. The Hall–Kier alpha value is -2.47. The lowest BCUT2D eigenvalue weighted by Crippen LogP contribution is -2.53. The van der Waals surface area contributed by atoms with Gasteiger partial charge in [-0.15, -0.1) is 0 Å². The van der Waals surface area contributed by atoms with E-state index in [1.165, 1.54) is 17.5 Å². The Kier molecular flexibility index (Phi) is 5.31. The SMILES string of the molecule is CC(C)c1cc(C(=O)N2CCN(C3CCc4ccccc4C3)CC2)nc(N)n1. The van der Waals surface area contributed by atoms with Gasteiger partial charge in [-0.2, -0.15) is 0 Å². The lowest BCUT2D eigenvalue weighted by atomic mass is 9.87. The van der Waals surface area contributed by atoms with Crippen LogP contribution in [0.2, 0.25) is 0 Å². The average molecular weight is 380 g/mol. The summed E-state index contributed by atoms with van der Waals surface area (Å²) in [5.41, 5.74) is 10.0. The summed E-state index contributed by atoms with van der Waals surface area (Å²) < 4.78 is 0. The molecule has 2 aromatic rings. The van der Waals surface area contributed by atoms with Crippen LogP contribution in [0, 0.1) is 0 Å². The van der Waals surface area contributed by atoms with Crippen molar-refractivity contribution in [3.63, 3.8) is 0 Å². The number of piperazine rings is 1. The summed E-state index contributed by atoms with van der Waals surface area (Å²) in [6, 6.07) is 11.1. The smallest absolute Gasteiger partial charge is 0.272 e. The molecule has 1 fully saturated rings. The second-order valence-corrected chi connectivity index (χ2v) is 8.18. The van der Waals surface area contributed by atoms with Crippen molar-refractivity contribution >= 4 is 11.9 Å². The van der Waals surface area contributed by atoms with Gasteiger partial charge in [0.15, 0.2) is 0 Å². The predicted molar refractivity (Wildman–Crippen MR) is 110 cm³/mol.